The van der Waals surface area contributed by atoms with Crippen molar-refractivity contribution in [3.63, 3.8) is 0 Å². The Labute approximate surface area is 176 Å². The summed E-state index contributed by atoms with van der Waals surface area (Å²) < 4.78 is 10.6. The Morgan fingerprint density at radius 2 is 1.77 bits per heavy atom. The number of nitrogens with zero attached hydrogens (tertiary/aromatic N) is 2. The van der Waals surface area contributed by atoms with E-state index in [-0.39, 0.29) is 24.0 Å². The van der Waals surface area contributed by atoms with Gasteiger partial charge >= 0.3 is 0 Å². The minimum atomic E-state index is 0. The lowest BCUT2D eigenvalue weighted by molar-refractivity contribution is 0.138. The van der Waals surface area contributed by atoms with Crippen molar-refractivity contribution in [3.8, 4) is 0 Å². The fourth-order valence-electron chi connectivity index (χ4n) is 3.89. The highest BCUT2D eigenvalue weighted by atomic mass is 127. The minimum Gasteiger partial charge on any atom is -0.385 e. The third kappa shape index (κ3) is 8.27. The molecule has 0 aromatic rings. The summed E-state index contributed by atoms with van der Waals surface area (Å²) in [6.07, 6.45) is 9.08. The number of ether oxygens (including phenoxy) is 2. The predicted molar refractivity (Wildman–Crippen MR) is 119 cm³/mol. The van der Waals surface area contributed by atoms with Crippen molar-refractivity contribution < 1.29 is 9.47 Å². The minimum absolute atomic E-state index is 0. The summed E-state index contributed by atoms with van der Waals surface area (Å²) in [5.74, 6) is 0.922. The summed E-state index contributed by atoms with van der Waals surface area (Å²) in [7, 11) is 5.43. The number of nitrogens with one attached hydrogen (secondary N) is 2. The Kier molecular flexibility index (Phi) is 12.1. The molecule has 0 amide bonds. The second-order valence-electron chi connectivity index (χ2n) is 7.56. The van der Waals surface area contributed by atoms with Crippen LogP contribution in [0.3, 0.4) is 0 Å². The lowest BCUT2D eigenvalue weighted by Crippen LogP contribution is -2.46. The third-order valence-corrected chi connectivity index (χ3v) is 5.69. The maximum absolute atomic E-state index is 5.32. The summed E-state index contributed by atoms with van der Waals surface area (Å²) in [5.41, 5.74) is 0.381. The van der Waals surface area contributed by atoms with Crippen molar-refractivity contribution in [2.24, 2.45) is 10.4 Å². The molecule has 2 N–H and O–H groups in total. The number of rotatable bonds is 12. The summed E-state index contributed by atoms with van der Waals surface area (Å²) in [6.45, 7) is 5.64. The smallest absolute Gasteiger partial charge is 0.191 e. The van der Waals surface area contributed by atoms with Gasteiger partial charge in [-0.3, -0.25) is 9.89 Å². The van der Waals surface area contributed by atoms with E-state index in [0.717, 1.165) is 57.8 Å². The quantitative estimate of drug-likeness (QED) is 0.254. The molecule has 0 heterocycles. The van der Waals surface area contributed by atoms with Gasteiger partial charge in [0.1, 0.15) is 0 Å². The van der Waals surface area contributed by atoms with Gasteiger partial charge in [0.15, 0.2) is 5.96 Å². The van der Waals surface area contributed by atoms with E-state index in [1.807, 2.05) is 7.05 Å². The lowest BCUT2D eigenvalue weighted by Gasteiger charge is -2.30. The summed E-state index contributed by atoms with van der Waals surface area (Å²) >= 11 is 0. The van der Waals surface area contributed by atoms with Gasteiger partial charge in [-0.25, -0.2) is 0 Å². The second kappa shape index (κ2) is 13.1. The number of hydrogen-bond donors (Lipinski definition) is 2. The van der Waals surface area contributed by atoms with Crippen molar-refractivity contribution >= 4 is 29.9 Å². The van der Waals surface area contributed by atoms with Crippen molar-refractivity contribution in [2.45, 2.75) is 51.0 Å². The monoisotopic (exact) mass is 482 g/mol. The Hall–Kier alpha value is -0.120. The molecule has 0 aliphatic heterocycles. The van der Waals surface area contributed by atoms with Crippen LogP contribution in [0.25, 0.3) is 0 Å². The average Bonchev–Trinajstić information content (AvgIpc) is 3.37. The van der Waals surface area contributed by atoms with E-state index >= 15 is 0 Å². The van der Waals surface area contributed by atoms with E-state index in [2.05, 4.69) is 20.5 Å². The molecule has 7 heteroatoms. The highest BCUT2D eigenvalue weighted by Crippen LogP contribution is 2.40. The highest BCUT2D eigenvalue weighted by Gasteiger charge is 2.33. The Balaban J connectivity index is 0.00000338. The van der Waals surface area contributed by atoms with Gasteiger partial charge in [-0.15, -0.1) is 24.0 Å². The van der Waals surface area contributed by atoms with Crippen LogP contribution >= 0.6 is 24.0 Å². The molecule has 0 unspecified atom stereocenters. The first-order chi connectivity index (χ1) is 12.2. The molecule has 2 fully saturated rings. The predicted octanol–water partition coefficient (Wildman–Crippen LogP) is 2.48. The second-order valence-corrected chi connectivity index (χ2v) is 7.56. The maximum atomic E-state index is 5.32. The molecule has 154 valence electrons. The van der Waals surface area contributed by atoms with Gasteiger partial charge in [-0.05, 0) is 37.5 Å². The zero-order chi connectivity index (χ0) is 18.0. The van der Waals surface area contributed by atoms with Gasteiger partial charge in [0.2, 0.25) is 0 Å². The van der Waals surface area contributed by atoms with E-state index in [4.69, 9.17) is 9.47 Å². The molecule has 2 aliphatic carbocycles. The molecule has 6 nitrogen and oxygen atoms in total. The highest BCUT2D eigenvalue weighted by molar-refractivity contribution is 14.0. The molecule has 26 heavy (non-hydrogen) atoms. The first kappa shape index (κ1) is 23.9. The summed E-state index contributed by atoms with van der Waals surface area (Å²) in [4.78, 5) is 6.93. The molecule has 0 aromatic carbocycles. The Morgan fingerprint density at radius 3 is 2.35 bits per heavy atom. The first-order valence-corrected chi connectivity index (χ1v) is 9.89. The average molecular weight is 482 g/mol. The van der Waals surface area contributed by atoms with Crippen LogP contribution in [0.2, 0.25) is 0 Å². The molecule has 2 aliphatic rings. The topological polar surface area (TPSA) is 58.1 Å². The van der Waals surface area contributed by atoms with Gasteiger partial charge < -0.3 is 20.1 Å². The third-order valence-electron chi connectivity index (χ3n) is 5.69. The fraction of sp³-hybridized carbons (Fsp3) is 0.947. The first-order valence-electron chi connectivity index (χ1n) is 9.89. The Bertz CT molecular complexity index is 399. The van der Waals surface area contributed by atoms with Crippen molar-refractivity contribution in [3.05, 3.63) is 0 Å². The molecule has 0 bridgehead atoms. The van der Waals surface area contributed by atoms with Crippen LogP contribution < -0.4 is 10.6 Å². The van der Waals surface area contributed by atoms with Gasteiger partial charge in [0.05, 0.1) is 6.61 Å². The molecule has 0 radical (unpaired) electrons. The van der Waals surface area contributed by atoms with Crippen LogP contribution in [0.1, 0.15) is 44.9 Å². The molecular formula is C19H39IN4O2. The zero-order valence-corrected chi connectivity index (χ0v) is 19.2. The van der Waals surface area contributed by atoms with E-state index in [0.29, 0.717) is 5.41 Å². The van der Waals surface area contributed by atoms with Crippen molar-refractivity contribution in [2.75, 3.05) is 60.7 Å². The van der Waals surface area contributed by atoms with Crippen molar-refractivity contribution in [1.82, 2.24) is 15.5 Å². The van der Waals surface area contributed by atoms with Crippen LogP contribution in [0.5, 0.6) is 0 Å². The lowest BCUT2D eigenvalue weighted by atomic mass is 9.83. The van der Waals surface area contributed by atoms with Gasteiger partial charge in [0.25, 0.3) is 0 Å². The molecule has 2 rings (SSSR count). The van der Waals surface area contributed by atoms with Crippen LogP contribution in [0.15, 0.2) is 4.99 Å². The molecule has 0 spiro atoms. The van der Waals surface area contributed by atoms with Crippen molar-refractivity contribution in [1.29, 1.82) is 0 Å². The van der Waals surface area contributed by atoms with E-state index in [9.17, 15) is 0 Å². The molecule has 0 saturated heterocycles. The van der Waals surface area contributed by atoms with Gasteiger partial charge in [-0.2, -0.15) is 0 Å². The largest absolute Gasteiger partial charge is 0.385 e. The van der Waals surface area contributed by atoms with E-state index in [1.54, 1.807) is 14.2 Å². The fourth-order valence-corrected chi connectivity index (χ4v) is 3.89. The molecular weight excluding hydrogens is 443 g/mol. The van der Waals surface area contributed by atoms with Crippen LogP contribution in [-0.4, -0.2) is 77.6 Å². The van der Waals surface area contributed by atoms with Gasteiger partial charge in [-0.1, -0.05) is 12.8 Å². The van der Waals surface area contributed by atoms with Crippen LogP contribution in [-0.2, 0) is 9.47 Å². The van der Waals surface area contributed by atoms with Crippen LogP contribution in [0, 0.1) is 5.41 Å². The van der Waals surface area contributed by atoms with Crippen LogP contribution in [0.4, 0.5) is 0 Å². The number of guanidine groups is 1. The SMILES string of the molecule is CN=C(NCCN(CCOC)C1CC1)NCC1(CCOC)CCCC1.I. The normalized spacial score (nSPS) is 19.5. The number of hydrogen-bond acceptors (Lipinski definition) is 4. The Morgan fingerprint density at radius 1 is 1.08 bits per heavy atom. The molecule has 0 aromatic heterocycles. The zero-order valence-electron chi connectivity index (χ0n) is 16.9. The maximum Gasteiger partial charge on any atom is 0.191 e. The summed E-state index contributed by atoms with van der Waals surface area (Å²) in [5, 5.41) is 7.04. The van der Waals surface area contributed by atoms with Gasteiger partial charge in [0, 0.05) is 60.1 Å². The van der Waals surface area contributed by atoms with E-state index in [1.165, 1.54) is 38.5 Å². The number of aliphatic imine (C=N–C) groups is 1. The molecule has 0 atom stereocenters. The van der Waals surface area contributed by atoms with E-state index < -0.39 is 0 Å². The summed E-state index contributed by atoms with van der Waals surface area (Å²) in [6, 6.07) is 0.766. The number of halogens is 1. The standard InChI is InChI=1S/C19H38N4O2.HI/c1-20-18(21-11-12-23(13-15-25-3)17-6-7-17)22-16-19(10-14-24-2)8-4-5-9-19;/h17H,4-16H2,1-3H3,(H2,20,21,22);1H. The molecule has 2 saturated carbocycles. The number of methoxy groups -OCH3 is 2.